The van der Waals surface area contributed by atoms with Crippen molar-refractivity contribution in [3.8, 4) is 0 Å². The highest BCUT2D eigenvalue weighted by Gasteiger charge is 2.16. The first kappa shape index (κ1) is 10.1. The van der Waals surface area contributed by atoms with Gasteiger partial charge in [-0.2, -0.15) is 0 Å². The molecule has 0 amide bonds. The molecule has 0 N–H and O–H groups in total. The molecule has 0 spiro atoms. The Morgan fingerprint density at radius 1 is 0.941 bits per heavy atom. The van der Waals surface area contributed by atoms with Crippen LogP contribution in [0.25, 0.3) is 0 Å². The molecule has 0 aliphatic carbocycles. The Kier molecular flexibility index (Phi) is 2.41. The quantitative estimate of drug-likeness (QED) is 0.715. The van der Waals surface area contributed by atoms with Crippen molar-refractivity contribution in [2.45, 2.75) is 6.92 Å². The zero-order chi connectivity index (χ0) is 11.7. The van der Waals surface area contributed by atoms with Gasteiger partial charge in [-0.15, -0.1) is 0 Å². The predicted octanol–water partition coefficient (Wildman–Crippen LogP) is 3.85. The molecule has 1 aliphatic rings. The maximum Gasteiger partial charge on any atom is 0.0863 e. The van der Waals surface area contributed by atoms with Gasteiger partial charge in [0.2, 0.25) is 0 Å². The van der Waals surface area contributed by atoms with E-state index in [4.69, 9.17) is 0 Å². The first-order valence-electron chi connectivity index (χ1n) is 5.81. The van der Waals surface area contributed by atoms with E-state index < -0.39 is 0 Å². The van der Waals surface area contributed by atoms with Gasteiger partial charge in [0.25, 0.3) is 0 Å². The normalized spacial score (nSPS) is 13.6. The Morgan fingerprint density at radius 2 is 1.65 bits per heavy atom. The number of benzene rings is 2. The van der Waals surface area contributed by atoms with Crippen LogP contribution in [-0.4, -0.2) is 12.8 Å². The first-order valence-corrected chi connectivity index (χ1v) is 5.81. The molecule has 0 saturated heterocycles. The fraction of sp³-hybridized carbons (Fsp3) is 0.133. The van der Waals surface area contributed by atoms with Gasteiger partial charge < -0.3 is 4.90 Å². The molecule has 0 atom stereocenters. The minimum absolute atomic E-state index is 0.835. The molecular weight excluding hydrogens is 208 g/mol. The Bertz CT molecular complexity index is 573. The van der Waals surface area contributed by atoms with E-state index >= 15 is 0 Å². The highest BCUT2D eigenvalue weighted by molar-refractivity contribution is 5.87. The van der Waals surface area contributed by atoms with Crippen LogP contribution in [0.2, 0.25) is 0 Å². The molecular formula is C15H14N2. The van der Waals surface area contributed by atoms with Crippen molar-refractivity contribution >= 4 is 23.3 Å². The number of nitrogens with zero attached hydrogens (tertiary/aromatic N) is 2. The van der Waals surface area contributed by atoms with Gasteiger partial charge in [-0.1, -0.05) is 30.3 Å². The van der Waals surface area contributed by atoms with E-state index in [0.717, 1.165) is 12.2 Å². The second-order valence-electron chi connectivity index (χ2n) is 4.20. The summed E-state index contributed by atoms with van der Waals surface area (Å²) in [5.41, 5.74) is 4.77. The predicted molar refractivity (Wildman–Crippen MR) is 72.8 cm³/mol. The van der Waals surface area contributed by atoms with Crippen molar-refractivity contribution in [3.63, 3.8) is 0 Å². The minimum Gasteiger partial charge on any atom is -0.334 e. The molecule has 2 nitrogen and oxygen atoms in total. The van der Waals surface area contributed by atoms with Crippen LogP contribution in [0.4, 0.5) is 17.1 Å². The van der Waals surface area contributed by atoms with Crippen molar-refractivity contribution in [1.29, 1.82) is 0 Å². The first-order chi connectivity index (χ1) is 8.36. The molecule has 17 heavy (non-hydrogen) atoms. The van der Waals surface area contributed by atoms with Crippen LogP contribution >= 0.6 is 0 Å². The number of aliphatic imine (C=N–C) groups is 1. The summed E-state index contributed by atoms with van der Waals surface area (Å²) in [6.45, 7) is 2.98. The Morgan fingerprint density at radius 3 is 2.47 bits per heavy atom. The van der Waals surface area contributed by atoms with Gasteiger partial charge in [-0.05, 0) is 30.7 Å². The number of para-hydroxylation sites is 3. The zero-order valence-electron chi connectivity index (χ0n) is 9.80. The lowest BCUT2D eigenvalue weighted by Gasteiger charge is -2.28. The van der Waals surface area contributed by atoms with E-state index in [9.17, 15) is 0 Å². The zero-order valence-corrected chi connectivity index (χ0v) is 9.80. The number of rotatable bonds is 1. The van der Waals surface area contributed by atoms with Gasteiger partial charge in [-0.3, -0.25) is 4.99 Å². The highest BCUT2D eigenvalue weighted by atomic mass is 15.2. The molecule has 3 rings (SSSR count). The number of aryl methyl sites for hydroxylation is 1. The maximum absolute atomic E-state index is 4.43. The van der Waals surface area contributed by atoms with Gasteiger partial charge >= 0.3 is 0 Å². The molecule has 2 aromatic rings. The lowest BCUT2D eigenvalue weighted by molar-refractivity contribution is 1.10. The molecule has 1 heterocycles. The second kappa shape index (κ2) is 4.06. The summed E-state index contributed by atoms with van der Waals surface area (Å²) in [6.07, 6.45) is 1.97. The second-order valence-corrected chi connectivity index (χ2v) is 4.20. The van der Waals surface area contributed by atoms with Crippen molar-refractivity contribution in [2.24, 2.45) is 4.99 Å². The van der Waals surface area contributed by atoms with E-state index in [1.54, 1.807) is 0 Å². The molecule has 0 bridgehead atoms. The Hall–Kier alpha value is -2.09. The molecule has 1 aliphatic heterocycles. The van der Waals surface area contributed by atoms with Gasteiger partial charge in [0.15, 0.2) is 0 Å². The average Bonchev–Trinajstić information content (AvgIpc) is 2.39. The molecule has 0 radical (unpaired) electrons. The van der Waals surface area contributed by atoms with E-state index in [0.29, 0.717) is 0 Å². The van der Waals surface area contributed by atoms with Crippen molar-refractivity contribution < 1.29 is 0 Å². The average molecular weight is 222 g/mol. The maximum atomic E-state index is 4.43. The van der Waals surface area contributed by atoms with E-state index in [1.165, 1.54) is 16.9 Å². The third-order valence-electron chi connectivity index (χ3n) is 3.07. The number of anilines is 2. The Balaban J connectivity index is 2.12. The summed E-state index contributed by atoms with van der Waals surface area (Å²) in [5, 5.41) is 0. The van der Waals surface area contributed by atoms with Gasteiger partial charge in [-0.25, -0.2) is 0 Å². The monoisotopic (exact) mass is 222 g/mol. The third kappa shape index (κ3) is 1.72. The van der Waals surface area contributed by atoms with Crippen molar-refractivity contribution in [1.82, 2.24) is 0 Å². The minimum atomic E-state index is 0.835. The molecule has 84 valence electrons. The van der Waals surface area contributed by atoms with Gasteiger partial charge in [0.05, 0.1) is 17.9 Å². The largest absolute Gasteiger partial charge is 0.334 e. The molecule has 0 aromatic heterocycles. The highest BCUT2D eigenvalue weighted by Crippen LogP contribution is 2.36. The summed E-state index contributed by atoms with van der Waals surface area (Å²) in [7, 11) is 0. The Labute approximate surface area is 101 Å². The van der Waals surface area contributed by atoms with Crippen LogP contribution in [0.5, 0.6) is 0 Å². The topological polar surface area (TPSA) is 15.6 Å². The number of fused-ring (bicyclic) bond motifs is 1. The molecule has 2 heteroatoms. The summed E-state index contributed by atoms with van der Waals surface area (Å²) >= 11 is 0. The van der Waals surface area contributed by atoms with Crippen LogP contribution in [0.15, 0.2) is 53.5 Å². The summed E-state index contributed by atoms with van der Waals surface area (Å²) in [4.78, 5) is 6.73. The van der Waals surface area contributed by atoms with Gasteiger partial charge in [0, 0.05) is 11.9 Å². The molecule has 2 aromatic carbocycles. The SMILES string of the molecule is Cc1ccccc1N1CC=Nc2ccccc21. The summed E-state index contributed by atoms with van der Waals surface area (Å²) in [5.74, 6) is 0. The van der Waals surface area contributed by atoms with Crippen LogP contribution < -0.4 is 4.90 Å². The standard InChI is InChI=1S/C15H14N2/c1-12-6-2-4-8-14(12)17-11-10-16-13-7-3-5-9-15(13)17/h2-10H,11H2,1H3. The third-order valence-corrected chi connectivity index (χ3v) is 3.07. The van der Waals surface area contributed by atoms with E-state index in [1.807, 2.05) is 12.3 Å². The van der Waals surface area contributed by atoms with Crippen LogP contribution in [0, 0.1) is 6.92 Å². The van der Waals surface area contributed by atoms with Crippen LogP contribution in [0.3, 0.4) is 0 Å². The molecule has 0 saturated carbocycles. The fourth-order valence-corrected chi connectivity index (χ4v) is 2.22. The van der Waals surface area contributed by atoms with Crippen LogP contribution in [0.1, 0.15) is 5.56 Å². The van der Waals surface area contributed by atoms with E-state index in [2.05, 4.69) is 59.3 Å². The lowest BCUT2D eigenvalue weighted by Crippen LogP contribution is -2.22. The van der Waals surface area contributed by atoms with E-state index in [-0.39, 0.29) is 0 Å². The number of hydrogen-bond acceptors (Lipinski definition) is 2. The molecule has 0 unspecified atom stereocenters. The lowest BCUT2D eigenvalue weighted by atomic mass is 10.1. The smallest absolute Gasteiger partial charge is 0.0863 e. The number of hydrogen-bond donors (Lipinski definition) is 0. The van der Waals surface area contributed by atoms with Crippen molar-refractivity contribution in [2.75, 3.05) is 11.4 Å². The van der Waals surface area contributed by atoms with Gasteiger partial charge in [0.1, 0.15) is 0 Å². The summed E-state index contributed by atoms with van der Waals surface area (Å²) < 4.78 is 0. The fourth-order valence-electron chi connectivity index (χ4n) is 2.22. The summed E-state index contributed by atoms with van der Waals surface area (Å²) in [6, 6.07) is 16.7. The van der Waals surface area contributed by atoms with Crippen molar-refractivity contribution in [3.05, 3.63) is 54.1 Å². The van der Waals surface area contributed by atoms with Crippen LogP contribution in [-0.2, 0) is 0 Å². The molecule has 0 fully saturated rings.